The fourth-order valence-corrected chi connectivity index (χ4v) is 11.1. The second kappa shape index (κ2) is 7.84. The van der Waals surface area contributed by atoms with Gasteiger partial charge in [0.25, 0.3) is 0 Å². The molecule has 144 valence electrons. The Labute approximate surface area is 172 Å². The van der Waals surface area contributed by atoms with Crippen LogP contribution >= 0.6 is 18.2 Å². The van der Waals surface area contributed by atoms with Gasteiger partial charge in [0.1, 0.15) is 0 Å². The van der Waals surface area contributed by atoms with E-state index in [4.69, 9.17) is 16.3 Å². The molecular weight excluding hydrogens is 383 g/mol. The number of ether oxygens (including phenoxy) is 1. The molecule has 0 aliphatic carbocycles. The van der Waals surface area contributed by atoms with Crippen molar-refractivity contribution in [2.45, 2.75) is 18.4 Å². The average Bonchev–Trinajstić information content (AvgIpc) is 2.80. The zero-order valence-electron chi connectivity index (χ0n) is 16.2. The summed E-state index contributed by atoms with van der Waals surface area (Å²) in [6.45, 7) is -2.70. The van der Waals surface area contributed by atoms with E-state index in [0.717, 1.165) is 18.1 Å². The first-order valence-electron chi connectivity index (χ1n) is 9.78. The van der Waals surface area contributed by atoms with Gasteiger partial charge in [-0.25, -0.2) is 0 Å². The van der Waals surface area contributed by atoms with Crippen molar-refractivity contribution >= 4 is 34.1 Å². The van der Waals surface area contributed by atoms with E-state index in [1.807, 2.05) is 0 Å². The van der Waals surface area contributed by atoms with Gasteiger partial charge in [0.2, 0.25) is 0 Å². The molecule has 4 rings (SSSR count). The molecule has 1 nitrogen and oxygen atoms in total. The van der Waals surface area contributed by atoms with Crippen LogP contribution in [0.25, 0.3) is 0 Å². The zero-order chi connectivity index (χ0) is 19.5. The molecule has 1 aliphatic heterocycles. The monoisotopic (exact) mass is 408 g/mol. The van der Waals surface area contributed by atoms with Gasteiger partial charge in [-0.2, -0.15) is 0 Å². The Bertz CT molecular complexity index is 911. The van der Waals surface area contributed by atoms with Gasteiger partial charge in [0.15, 0.2) is 0 Å². The molecule has 28 heavy (non-hydrogen) atoms. The minimum absolute atomic E-state index is 0.419. The Hall–Kier alpha value is -1.92. The van der Waals surface area contributed by atoms with Crippen LogP contribution in [0.2, 0.25) is 0 Å². The van der Waals surface area contributed by atoms with Crippen LogP contribution in [-0.4, -0.2) is 13.3 Å². The SMILES string of the molecule is COC(Cl)c1ccc(P2(c3ccccc3)(c3ccccc3)C=CCCC2)cc1. The molecule has 0 N–H and O–H groups in total. The predicted molar refractivity (Wildman–Crippen MR) is 124 cm³/mol. The van der Waals surface area contributed by atoms with Gasteiger partial charge in [-0.3, -0.25) is 0 Å². The molecule has 0 radical (unpaired) electrons. The van der Waals surface area contributed by atoms with Gasteiger partial charge in [-0.1, -0.05) is 0 Å². The second-order valence-electron chi connectivity index (χ2n) is 7.44. The summed E-state index contributed by atoms with van der Waals surface area (Å²) in [5.41, 5.74) is 0.573. The molecule has 3 aromatic carbocycles. The summed E-state index contributed by atoms with van der Waals surface area (Å²) < 4.78 is 5.30. The first-order chi connectivity index (χ1) is 13.7. The van der Waals surface area contributed by atoms with Crippen molar-refractivity contribution in [3.63, 3.8) is 0 Å². The van der Waals surface area contributed by atoms with E-state index in [-0.39, 0.29) is 0 Å². The van der Waals surface area contributed by atoms with Crippen molar-refractivity contribution < 1.29 is 4.74 Å². The number of rotatable bonds is 5. The summed E-state index contributed by atoms with van der Waals surface area (Å²) in [6, 6.07) is 30.9. The molecule has 0 amide bonds. The van der Waals surface area contributed by atoms with Gasteiger partial charge in [-0.05, 0) is 0 Å². The second-order valence-corrected chi connectivity index (χ2v) is 12.9. The number of halogens is 1. The normalized spacial score (nSPS) is 20.0. The summed E-state index contributed by atoms with van der Waals surface area (Å²) in [7, 11) is 1.64. The third-order valence-corrected chi connectivity index (χ3v) is 13.0. The third-order valence-electron chi connectivity index (χ3n) is 6.07. The molecule has 0 saturated carbocycles. The molecule has 0 saturated heterocycles. The van der Waals surface area contributed by atoms with Crippen LogP contribution in [0, 0.1) is 0 Å². The summed E-state index contributed by atoms with van der Waals surface area (Å²) >= 11 is 6.31. The molecule has 0 aromatic heterocycles. The number of hydrogen-bond acceptors (Lipinski definition) is 1. The zero-order valence-corrected chi connectivity index (χ0v) is 17.8. The molecule has 1 atom stereocenters. The van der Waals surface area contributed by atoms with Crippen LogP contribution in [-0.2, 0) is 4.74 Å². The quantitative estimate of drug-likeness (QED) is 0.388. The van der Waals surface area contributed by atoms with Crippen molar-refractivity contribution in [1.82, 2.24) is 0 Å². The maximum absolute atomic E-state index is 6.31. The summed E-state index contributed by atoms with van der Waals surface area (Å²) in [5, 5.41) is 4.25. The van der Waals surface area contributed by atoms with Crippen LogP contribution in [0.1, 0.15) is 24.0 Å². The Morgan fingerprint density at radius 2 is 1.32 bits per heavy atom. The third kappa shape index (κ3) is 2.94. The first-order valence-corrected chi connectivity index (χ1v) is 12.7. The van der Waals surface area contributed by atoms with E-state index < -0.39 is 12.2 Å². The van der Waals surface area contributed by atoms with E-state index in [0.29, 0.717) is 0 Å². The summed E-state index contributed by atoms with van der Waals surface area (Å²) in [4.78, 5) is 0. The molecule has 3 aromatic rings. The van der Waals surface area contributed by atoms with Crippen molar-refractivity contribution in [1.29, 1.82) is 0 Å². The van der Waals surface area contributed by atoms with Gasteiger partial charge >= 0.3 is 173 Å². The van der Waals surface area contributed by atoms with Crippen LogP contribution in [0.15, 0.2) is 96.8 Å². The topological polar surface area (TPSA) is 9.23 Å². The van der Waals surface area contributed by atoms with Crippen LogP contribution in [0.5, 0.6) is 0 Å². The Morgan fingerprint density at radius 1 is 0.786 bits per heavy atom. The fraction of sp³-hybridized carbons (Fsp3) is 0.200. The van der Waals surface area contributed by atoms with Crippen molar-refractivity contribution in [2.75, 3.05) is 13.3 Å². The molecule has 0 fully saturated rings. The van der Waals surface area contributed by atoms with E-state index in [9.17, 15) is 0 Å². The number of hydrogen-bond donors (Lipinski definition) is 0. The first kappa shape index (κ1) is 19.4. The molecule has 1 aliphatic rings. The maximum atomic E-state index is 6.31. The van der Waals surface area contributed by atoms with E-state index in [2.05, 4.69) is 96.8 Å². The van der Waals surface area contributed by atoms with Gasteiger partial charge < -0.3 is 0 Å². The van der Waals surface area contributed by atoms with Crippen LogP contribution < -0.4 is 15.9 Å². The Kier molecular flexibility index (Phi) is 5.43. The van der Waals surface area contributed by atoms with Crippen molar-refractivity contribution in [3.8, 4) is 0 Å². The summed E-state index contributed by atoms with van der Waals surface area (Å²) in [5.74, 6) is 2.56. The fourth-order valence-electron chi connectivity index (χ4n) is 4.65. The molecule has 0 bridgehead atoms. The molecule has 1 heterocycles. The number of allylic oxidation sites excluding steroid dienone is 1. The predicted octanol–water partition coefficient (Wildman–Crippen LogP) is 5.71. The molecular formula is C25H26ClOP. The molecule has 3 heteroatoms. The molecule has 0 spiro atoms. The number of methoxy groups -OCH3 is 1. The van der Waals surface area contributed by atoms with Gasteiger partial charge in [0.05, 0.1) is 0 Å². The molecule has 1 unspecified atom stereocenters. The van der Waals surface area contributed by atoms with Crippen LogP contribution in [0.3, 0.4) is 0 Å². The Balaban J connectivity index is 2.05. The minimum atomic E-state index is -2.70. The van der Waals surface area contributed by atoms with E-state index in [1.165, 1.54) is 22.3 Å². The van der Waals surface area contributed by atoms with Gasteiger partial charge in [0, 0.05) is 0 Å². The number of alkyl halides is 1. The van der Waals surface area contributed by atoms with E-state index in [1.54, 1.807) is 7.11 Å². The number of benzene rings is 3. The van der Waals surface area contributed by atoms with Crippen molar-refractivity contribution in [3.05, 3.63) is 102 Å². The standard InChI is InChI=1S/C25H26ClOP/c1-27-25(26)21-15-17-24(18-16-21)28(19-9-4-10-20-28,22-11-5-2-6-12-22)23-13-7-3-8-14-23/h2-3,5-9,11-19,25H,4,10,20H2,1H3. The van der Waals surface area contributed by atoms with Crippen molar-refractivity contribution in [2.24, 2.45) is 0 Å². The van der Waals surface area contributed by atoms with Crippen LogP contribution in [0.4, 0.5) is 0 Å². The Morgan fingerprint density at radius 3 is 1.79 bits per heavy atom. The van der Waals surface area contributed by atoms with E-state index >= 15 is 0 Å². The summed E-state index contributed by atoms with van der Waals surface area (Å²) in [6.07, 6.45) is 5.89. The van der Waals surface area contributed by atoms with Gasteiger partial charge in [-0.15, -0.1) is 0 Å². The average molecular weight is 409 g/mol.